The van der Waals surface area contributed by atoms with E-state index in [9.17, 15) is 9.59 Å². The zero-order valence-corrected chi connectivity index (χ0v) is 17.2. The number of carbonyl (C=O) groups excluding carboxylic acids is 2. The van der Waals surface area contributed by atoms with Crippen LogP contribution in [0.15, 0.2) is 72.9 Å². The van der Waals surface area contributed by atoms with Gasteiger partial charge in [0.15, 0.2) is 6.29 Å². The minimum Gasteiger partial charge on any atom is -0.449 e. The normalized spacial score (nSPS) is 11.9. The van der Waals surface area contributed by atoms with Gasteiger partial charge in [-0.1, -0.05) is 66.4 Å². The Balaban J connectivity index is 1.23. The molecule has 4 aromatic rings. The number of amides is 1. The Kier molecular flexibility index (Phi) is 5.19. The maximum absolute atomic E-state index is 12.3. The standard InChI is InChI=1S/C27H20N2O3/c30-16-19-15-29-25-13-5-7-18(26(19)25)8-6-14-28-27(31)32-17-24-22-11-3-1-9-20(22)21-10-2-4-12-23(21)24/h1-5,7,9-13,15-16,24,29H,14,17H2,(H,28,31). The molecular weight excluding hydrogens is 400 g/mol. The molecule has 1 heterocycles. The first-order valence-corrected chi connectivity index (χ1v) is 10.4. The van der Waals surface area contributed by atoms with Gasteiger partial charge in [0, 0.05) is 34.1 Å². The molecular formula is C27H20N2O3. The Labute approximate surface area is 185 Å². The highest BCUT2D eigenvalue weighted by Crippen LogP contribution is 2.44. The zero-order valence-electron chi connectivity index (χ0n) is 17.2. The summed E-state index contributed by atoms with van der Waals surface area (Å²) in [6.45, 7) is 0.409. The second kappa shape index (κ2) is 8.44. The van der Waals surface area contributed by atoms with Crippen LogP contribution in [-0.4, -0.2) is 30.5 Å². The van der Waals surface area contributed by atoms with Gasteiger partial charge in [-0.15, -0.1) is 0 Å². The van der Waals surface area contributed by atoms with Crippen LogP contribution in [0.5, 0.6) is 0 Å². The first-order valence-electron chi connectivity index (χ1n) is 10.4. The number of hydrogen-bond donors (Lipinski definition) is 2. The molecule has 5 nitrogen and oxygen atoms in total. The van der Waals surface area contributed by atoms with Gasteiger partial charge in [0.05, 0.1) is 6.54 Å². The van der Waals surface area contributed by atoms with Crippen LogP contribution < -0.4 is 5.32 Å². The van der Waals surface area contributed by atoms with E-state index in [4.69, 9.17) is 4.74 Å². The van der Waals surface area contributed by atoms with E-state index in [1.807, 2.05) is 42.5 Å². The predicted molar refractivity (Wildman–Crippen MR) is 124 cm³/mol. The van der Waals surface area contributed by atoms with Gasteiger partial charge in [0.2, 0.25) is 0 Å². The van der Waals surface area contributed by atoms with E-state index >= 15 is 0 Å². The van der Waals surface area contributed by atoms with Crippen LogP contribution in [0, 0.1) is 11.8 Å². The smallest absolute Gasteiger partial charge is 0.407 e. The number of aromatic amines is 1. The van der Waals surface area contributed by atoms with Crippen molar-refractivity contribution in [1.29, 1.82) is 0 Å². The first-order chi connectivity index (χ1) is 15.8. The summed E-state index contributed by atoms with van der Waals surface area (Å²) in [4.78, 5) is 26.6. The lowest BCUT2D eigenvalue weighted by Crippen LogP contribution is -2.26. The number of benzene rings is 3. The molecule has 3 aromatic carbocycles. The number of rotatable bonds is 4. The summed E-state index contributed by atoms with van der Waals surface area (Å²) in [7, 11) is 0. The molecule has 1 aromatic heterocycles. The first kappa shape index (κ1) is 19.7. The summed E-state index contributed by atoms with van der Waals surface area (Å²) < 4.78 is 5.52. The molecule has 1 aliphatic carbocycles. The number of nitrogens with one attached hydrogen (secondary N) is 2. The third-order valence-corrected chi connectivity index (χ3v) is 5.75. The third kappa shape index (κ3) is 3.52. The summed E-state index contributed by atoms with van der Waals surface area (Å²) >= 11 is 0. The average Bonchev–Trinajstić information content (AvgIpc) is 3.40. The maximum Gasteiger partial charge on any atom is 0.407 e. The Morgan fingerprint density at radius 1 is 1.00 bits per heavy atom. The van der Waals surface area contributed by atoms with Crippen molar-refractivity contribution in [1.82, 2.24) is 10.3 Å². The van der Waals surface area contributed by atoms with E-state index in [2.05, 4.69) is 46.4 Å². The number of fused-ring (bicyclic) bond motifs is 4. The Morgan fingerprint density at radius 3 is 2.44 bits per heavy atom. The van der Waals surface area contributed by atoms with E-state index in [1.165, 1.54) is 22.3 Å². The van der Waals surface area contributed by atoms with Crippen molar-refractivity contribution >= 4 is 23.3 Å². The second-order valence-electron chi connectivity index (χ2n) is 7.57. The lowest BCUT2D eigenvalue weighted by atomic mass is 9.98. The molecule has 0 bridgehead atoms. The molecule has 0 atom stereocenters. The van der Waals surface area contributed by atoms with Crippen LogP contribution in [0.3, 0.4) is 0 Å². The maximum atomic E-state index is 12.3. The molecule has 1 amide bonds. The van der Waals surface area contributed by atoms with Crippen molar-refractivity contribution in [3.8, 4) is 23.0 Å². The number of carbonyl (C=O) groups is 2. The van der Waals surface area contributed by atoms with E-state index in [1.54, 1.807) is 6.20 Å². The molecule has 2 N–H and O–H groups in total. The molecule has 0 unspecified atom stereocenters. The summed E-state index contributed by atoms with van der Waals surface area (Å²) in [5, 5.41) is 3.47. The SMILES string of the molecule is O=Cc1c[nH]c2cccc(C#CCNC(=O)OCC3c4ccccc4-c4ccccc43)c12. The van der Waals surface area contributed by atoms with Crippen LogP contribution in [0.25, 0.3) is 22.0 Å². The van der Waals surface area contributed by atoms with Crippen molar-refractivity contribution in [2.24, 2.45) is 0 Å². The molecule has 5 rings (SSSR count). The van der Waals surface area contributed by atoms with E-state index in [0.717, 1.165) is 22.8 Å². The predicted octanol–water partition coefficient (Wildman–Crippen LogP) is 4.87. The number of aromatic nitrogens is 1. The molecule has 156 valence electrons. The van der Waals surface area contributed by atoms with Gasteiger partial charge in [-0.3, -0.25) is 4.79 Å². The van der Waals surface area contributed by atoms with Crippen molar-refractivity contribution < 1.29 is 14.3 Å². The molecule has 32 heavy (non-hydrogen) atoms. The topological polar surface area (TPSA) is 71.2 Å². The van der Waals surface area contributed by atoms with Crippen LogP contribution in [0.2, 0.25) is 0 Å². The molecule has 0 saturated heterocycles. The van der Waals surface area contributed by atoms with Crippen LogP contribution in [-0.2, 0) is 4.74 Å². The highest BCUT2D eigenvalue weighted by Gasteiger charge is 2.28. The molecule has 0 saturated carbocycles. The highest BCUT2D eigenvalue weighted by molar-refractivity contribution is 6.00. The lowest BCUT2D eigenvalue weighted by molar-refractivity contribution is 0.112. The van der Waals surface area contributed by atoms with Crippen LogP contribution in [0.1, 0.15) is 33.0 Å². The van der Waals surface area contributed by atoms with Gasteiger partial charge in [0.1, 0.15) is 6.61 Å². The highest BCUT2D eigenvalue weighted by atomic mass is 16.5. The molecule has 1 aliphatic rings. The second-order valence-corrected chi connectivity index (χ2v) is 7.57. The summed E-state index contributed by atoms with van der Waals surface area (Å²) in [5.74, 6) is 5.98. The summed E-state index contributed by atoms with van der Waals surface area (Å²) in [6, 6.07) is 22.1. The van der Waals surface area contributed by atoms with E-state index in [0.29, 0.717) is 5.56 Å². The molecule has 0 radical (unpaired) electrons. The monoisotopic (exact) mass is 420 g/mol. The fourth-order valence-electron chi connectivity index (χ4n) is 4.31. The summed E-state index contributed by atoms with van der Waals surface area (Å²) in [6.07, 6.45) is 1.96. The van der Waals surface area contributed by atoms with Gasteiger partial charge in [-0.25, -0.2) is 4.79 Å². The number of aldehydes is 1. The van der Waals surface area contributed by atoms with Crippen molar-refractivity contribution in [3.63, 3.8) is 0 Å². The molecule has 0 spiro atoms. The minimum absolute atomic E-state index is 0.0205. The van der Waals surface area contributed by atoms with E-state index < -0.39 is 6.09 Å². The van der Waals surface area contributed by atoms with Gasteiger partial charge < -0.3 is 15.0 Å². The van der Waals surface area contributed by atoms with Gasteiger partial charge in [0.25, 0.3) is 0 Å². The van der Waals surface area contributed by atoms with Crippen molar-refractivity contribution in [3.05, 3.63) is 95.2 Å². The Hall–Kier alpha value is -4.30. The van der Waals surface area contributed by atoms with Gasteiger partial charge in [-0.05, 0) is 34.4 Å². The van der Waals surface area contributed by atoms with Crippen LogP contribution in [0.4, 0.5) is 4.79 Å². The number of hydrogen-bond acceptors (Lipinski definition) is 3. The molecule has 0 aliphatic heterocycles. The number of alkyl carbamates (subject to hydrolysis) is 1. The number of ether oxygens (including phenoxy) is 1. The average molecular weight is 420 g/mol. The van der Waals surface area contributed by atoms with Crippen LogP contribution >= 0.6 is 0 Å². The third-order valence-electron chi connectivity index (χ3n) is 5.75. The fraction of sp³-hybridized carbons (Fsp3) is 0.111. The zero-order chi connectivity index (χ0) is 21.9. The molecule has 5 heteroatoms. The largest absolute Gasteiger partial charge is 0.449 e. The van der Waals surface area contributed by atoms with Gasteiger partial charge >= 0.3 is 6.09 Å². The Bertz CT molecular complexity index is 1350. The quantitative estimate of drug-likeness (QED) is 0.365. The number of H-pyrrole nitrogens is 1. The van der Waals surface area contributed by atoms with Gasteiger partial charge in [-0.2, -0.15) is 0 Å². The fourth-order valence-corrected chi connectivity index (χ4v) is 4.31. The lowest BCUT2D eigenvalue weighted by Gasteiger charge is -2.14. The summed E-state index contributed by atoms with van der Waals surface area (Å²) in [5.41, 5.74) is 6.88. The van der Waals surface area contributed by atoms with Crippen molar-refractivity contribution in [2.75, 3.05) is 13.2 Å². The minimum atomic E-state index is -0.505. The molecule has 0 fully saturated rings. The van der Waals surface area contributed by atoms with E-state index in [-0.39, 0.29) is 19.1 Å². The van der Waals surface area contributed by atoms with Crippen molar-refractivity contribution in [2.45, 2.75) is 5.92 Å². The Morgan fingerprint density at radius 2 is 1.72 bits per heavy atom.